The molecule has 2 aromatic rings. The molecule has 0 radical (unpaired) electrons. The third kappa shape index (κ3) is 5.70. The second-order valence-corrected chi connectivity index (χ2v) is 17.5. The third-order valence-electron chi connectivity index (χ3n) is 7.26. The molecule has 35 heavy (non-hydrogen) atoms. The van der Waals surface area contributed by atoms with Crippen molar-refractivity contribution < 1.29 is 13.2 Å². The maximum absolute atomic E-state index is 13.7. The summed E-state index contributed by atoms with van der Waals surface area (Å²) >= 11 is -0.854. The van der Waals surface area contributed by atoms with E-state index in [1.165, 1.54) is 14.7 Å². The van der Waals surface area contributed by atoms with Gasteiger partial charge in [0.15, 0.2) is 0 Å². The SMILES string of the molecule is CC(C)I1CCN(C2=CCCc3nc(CN(CC(F)(F)F)C4CCCc5cccnc54)cn32)CC1. The van der Waals surface area contributed by atoms with Crippen LogP contribution >= 0.6 is 19.8 Å². The molecule has 4 heterocycles. The number of pyridine rings is 1. The summed E-state index contributed by atoms with van der Waals surface area (Å²) in [5.41, 5.74) is 2.58. The Bertz CT molecular complexity index is 1060. The van der Waals surface area contributed by atoms with E-state index in [1.54, 1.807) is 11.1 Å². The van der Waals surface area contributed by atoms with E-state index < -0.39 is 32.5 Å². The van der Waals surface area contributed by atoms with Gasteiger partial charge >= 0.3 is 189 Å². The van der Waals surface area contributed by atoms with E-state index in [-0.39, 0.29) is 12.6 Å². The summed E-state index contributed by atoms with van der Waals surface area (Å²) in [6, 6.07) is 3.54. The summed E-state index contributed by atoms with van der Waals surface area (Å²) in [5, 5.41) is 0. The van der Waals surface area contributed by atoms with Crippen molar-refractivity contribution >= 4 is 25.6 Å². The summed E-state index contributed by atoms with van der Waals surface area (Å²) in [4.78, 5) is 13.4. The molecule has 5 rings (SSSR count). The van der Waals surface area contributed by atoms with Gasteiger partial charge in [-0.1, -0.05) is 6.07 Å². The minimum atomic E-state index is -4.28. The van der Waals surface area contributed by atoms with Gasteiger partial charge in [0.25, 0.3) is 0 Å². The molecule has 3 aliphatic rings. The van der Waals surface area contributed by atoms with Gasteiger partial charge in [0.2, 0.25) is 0 Å². The van der Waals surface area contributed by atoms with Crippen LogP contribution in [-0.2, 0) is 19.4 Å². The average Bonchev–Trinajstić information content (AvgIpc) is 3.25. The van der Waals surface area contributed by atoms with E-state index in [0.29, 0.717) is 12.1 Å². The predicted molar refractivity (Wildman–Crippen MR) is 142 cm³/mol. The van der Waals surface area contributed by atoms with Crippen molar-refractivity contribution in [3.05, 3.63) is 53.4 Å². The standard InChI is InChI=1S/C26H35F3IN5/c1-19(2)30-11-14-33(15-12-30)24-10-4-9-23-32-21(17-35(23)24)16-34(18-26(27,28)29)22-8-3-6-20-7-5-13-31-25(20)22/h5,7,10,13,17,19,22H,3-4,6,8-9,11-12,14-16,18H2,1-2H3. The molecule has 2 aromatic heterocycles. The van der Waals surface area contributed by atoms with Crippen LogP contribution in [0.2, 0.25) is 0 Å². The van der Waals surface area contributed by atoms with E-state index in [0.717, 1.165) is 59.8 Å². The van der Waals surface area contributed by atoms with Gasteiger partial charge in [-0.25, -0.2) is 0 Å². The molecular formula is C26H35F3IN5. The molecule has 1 aliphatic carbocycles. The Morgan fingerprint density at radius 1 is 1.20 bits per heavy atom. The predicted octanol–water partition coefficient (Wildman–Crippen LogP) is 5.70. The summed E-state index contributed by atoms with van der Waals surface area (Å²) in [6.45, 7) is 6.14. The van der Waals surface area contributed by atoms with Crippen LogP contribution in [0.4, 0.5) is 13.2 Å². The number of allylic oxidation sites excluding steroid dienone is 1. The quantitative estimate of drug-likeness (QED) is 0.315. The van der Waals surface area contributed by atoms with Gasteiger partial charge in [-0.2, -0.15) is 0 Å². The monoisotopic (exact) mass is 601 g/mol. The number of halogens is 4. The molecular weight excluding hydrogens is 566 g/mol. The number of imidazole rings is 1. The van der Waals surface area contributed by atoms with Crippen LogP contribution in [0.3, 0.4) is 0 Å². The maximum atomic E-state index is 13.7. The number of alkyl halides is 6. The molecule has 1 saturated heterocycles. The first-order chi connectivity index (χ1) is 16.8. The molecule has 5 nitrogen and oxygen atoms in total. The van der Waals surface area contributed by atoms with Crippen LogP contribution in [-0.4, -0.2) is 62.9 Å². The Balaban J connectivity index is 1.37. The van der Waals surface area contributed by atoms with E-state index in [9.17, 15) is 13.2 Å². The van der Waals surface area contributed by atoms with Crippen molar-refractivity contribution in [1.29, 1.82) is 0 Å². The zero-order valence-corrected chi connectivity index (χ0v) is 22.7. The first kappa shape index (κ1) is 25.0. The van der Waals surface area contributed by atoms with Crippen molar-refractivity contribution in [2.24, 2.45) is 0 Å². The van der Waals surface area contributed by atoms with E-state index in [1.807, 2.05) is 18.3 Å². The van der Waals surface area contributed by atoms with Gasteiger partial charge in [-0.15, -0.1) is 0 Å². The van der Waals surface area contributed by atoms with Gasteiger partial charge < -0.3 is 0 Å². The zero-order chi connectivity index (χ0) is 24.6. The molecule has 9 heteroatoms. The number of hydrogen-bond donors (Lipinski definition) is 0. The molecule has 0 bridgehead atoms. The van der Waals surface area contributed by atoms with Crippen LogP contribution in [0.5, 0.6) is 0 Å². The fourth-order valence-corrected chi connectivity index (χ4v) is 11.0. The first-order valence-corrected chi connectivity index (χ1v) is 17.0. The fourth-order valence-electron chi connectivity index (χ4n) is 5.58. The van der Waals surface area contributed by atoms with Gasteiger partial charge in [0, 0.05) is 6.20 Å². The van der Waals surface area contributed by atoms with Gasteiger partial charge in [-0.3, -0.25) is 0 Å². The van der Waals surface area contributed by atoms with Crippen LogP contribution in [0.25, 0.3) is 5.82 Å². The molecule has 0 N–H and O–H groups in total. The van der Waals surface area contributed by atoms with Crippen molar-refractivity contribution in [3.63, 3.8) is 0 Å². The molecule has 192 valence electrons. The number of aromatic nitrogens is 3. The summed E-state index contributed by atoms with van der Waals surface area (Å²) in [7, 11) is 0. The number of hydrogen-bond acceptors (Lipinski definition) is 4. The Kier molecular flexibility index (Phi) is 7.44. The van der Waals surface area contributed by atoms with Crippen LogP contribution < -0.4 is 0 Å². The molecule has 0 amide bonds. The third-order valence-corrected chi connectivity index (χ3v) is 14.5. The number of fused-ring (bicyclic) bond motifs is 2. The number of aryl methyl sites for hydroxylation is 2. The Labute approximate surface area is 213 Å². The summed E-state index contributed by atoms with van der Waals surface area (Å²) < 4.78 is 46.7. The van der Waals surface area contributed by atoms with Gasteiger partial charge in [0.1, 0.15) is 0 Å². The van der Waals surface area contributed by atoms with Gasteiger partial charge in [0.05, 0.1) is 0 Å². The van der Waals surface area contributed by atoms with Crippen molar-refractivity contribution in [1.82, 2.24) is 24.3 Å². The average molecular weight is 601 g/mol. The van der Waals surface area contributed by atoms with E-state index >= 15 is 0 Å². The Hall–Kier alpha value is -1.62. The fraction of sp³-hybridized carbons (Fsp3) is 0.615. The Morgan fingerprint density at radius 3 is 2.74 bits per heavy atom. The Morgan fingerprint density at radius 2 is 2.00 bits per heavy atom. The molecule has 2 aliphatic heterocycles. The zero-order valence-electron chi connectivity index (χ0n) is 20.6. The van der Waals surface area contributed by atoms with Crippen LogP contribution in [0.1, 0.15) is 61.9 Å². The first-order valence-electron chi connectivity index (χ1n) is 12.7. The van der Waals surface area contributed by atoms with Crippen molar-refractivity contribution in [3.8, 4) is 0 Å². The summed E-state index contributed by atoms with van der Waals surface area (Å²) in [5.74, 6) is 2.15. The molecule has 1 unspecified atom stereocenters. The van der Waals surface area contributed by atoms with Gasteiger partial charge in [-0.05, 0) is 12.5 Å². The number of rotatable bonds is 6. The molecule has 0 spiro atoms. The normalized spacial score (nSPS) is 21.8. The molecule has 1 fully saturated rings. The van der Waals surface area contributed by atoms with Crippen LogP contribution in [0, 0.1) is 0 Å². The molecule has 0 aromatic carbocycles. The minimum absolute atomic E-state index is 0.177. The number of nitrogens with zero attached hydrogens (tertiary/aromatic N) is 5. The molecule has 1 atom stereocenters. The second-order valence-electron chi connectivity index (χ2n) is 9.97. The van der Waals surface area contributed by atoms with Crippen molar-refractivity contribution in [2.75, 3.05) is 28.5 Å². The molecule has 0 saturated carbocycles. The van der Waals surface area contributed by atoms with E-state index in [4.69, 9.17) is 4.98 Å². The topological polar surface area (TPSA) is 37.2 Å². The summed E-state index contributed by atoms with van der Waals surface area (Å²) in [6.07, 6.45) is 5.89. The van der Waals surface area contributed by atoms with Crippen LogP contribution in [0.15, 0.2) is 30.6 Å². The second kappa shape index (κ2) is 10.4. The van der Waals surface area contributed by atoms with Crippen molar-refractivity contribution in [2.45, 2.75) is 68.6 Å². The van der Waals surface area contributed by atoms with E-state index in [2.05, 4.69) is 34.4 Å².